The van der Waals surface area contributed by atoms with E-state index in [0.29, 0.717) is 10.6 Å². The number of fused-ring (bicyclic) bond motifs is 1. The first-order chi connectivity index (χ1) is 9.06. The van der Waals surface area contributed by atoms with Gasteiger partial charge in [-0.1, -0.05) is 24.3 Å². The van der Waals surface area contributed by atoms with Gasteiger partial charge in [0.2, 0.25) is 0 Å². The van der Waals surface area contributed by atoms with Gasteiger partial charge in [-0.25, -0.2) is 0 Å². The van der Waals surface area contributed by atoms with E-state index in [9.17, 15) is 14.2 Å². The Bertz CT molecular complexity index is 599. The van der Waals surface area contributed by atoms with Crippen molar-refractivity contribution in [1.29, 1.82) is 0 Å². The minimum atomic E-state index is -2.78. The first-order valence-corrected chi connectivity index (χ1v) is 8.46. The van der Waals surface area contributed by atoms with Crippen molar-refractivity contribution in [2.75, 3.05) is 5.75 Å². The van der Waals surface area contributed by atoms with Crippen molar-refractivity contribution in [3.05, 3.63) is 54.1 Å². The second-order valence-electron chi connectivity index (χ2n) is 4.48. The molecule has 1 aliphatic heterocycles. The van der Waals surface area contributed by atoms with Crippen molar-refractivity contribution in [3.8, 4) is 5.75 Å². The lowest BCUT2D eigenvalue weighted by Gasteiger charge is -2.27. The molecule has 0 aliphatic carbocycles. The molecule has 19 heavy (non-hydrogen) atoms. The Morgan fingerprint density at radius 2 is 1.79 bits per heavy atom. The molecule has 3 N–H and O–H groups in total. The van der Waals surface area contributed by atoms with E-state index in [2.05, 4.69) is 0 Å². The maximum atomic E-state index is 10.1. The van der Waals surface area contributed by atoms with Crippen LogP contribution in [-0.2, 0) is 0 Å². The third-order valence-corrected chi connectivity index (χ3v) is 6.42. The van der Waals surface area contributed by atoms with Crippen molar-refractivity contribution in [3.63, 3.8) is 0 Å². The zero-order valence-electron chi connectivity index (χ0n) is 10.1. The highest BCUT2D eigenvalue weighted by atomic mass is 32.3. The van der Waals surface area contributed by atoms with Crippen molar-refractivity contribution in [1.82, 2.24) is 0 Å². The van der Waals surface area contributed by atoms with Gasteiger partial charge in [-0.15, -0.1) is 11.8 Å². The van der Waals surface area contributed by atoms with Crippen LogP contribution in [0.1, 0.15) is 10.8 Å². The maximum absolute atomic E-state index is 10.1. The van der Waals surface area contributed by atoms with Crippen LogP contribution in [0.25, 0.3) is 0 Å². The van der Waals surface area contributed by atoms with E-state index >= 15 is 0 Å². The minimum Gasteiger partial charge on any atom is -0.508 e. The molecule has 2 aromatic carbocycles. The molecule has 1 atom stereocenters. The third kappa shape index (κ3) is 2.47. The van der Waals surface area contributed by atoms with Crippen molar-refractivity contribution in [2.24, 2.45) is 0 Å². The molecule has 0 saturated carbocycles. The molecule has 0 fully saturated rings. The molecule has 0 radical (unpaired) electrons. The molecular formula is C14H14O3S2. The highest BCUT2D eigenvalue weighted by Gasteiger charge is 2.35. The van der Waals surface area contributed by atoms with Gasteiger partial charge in [0.25, 0.3) is 0 Å². The Hall–Kier alpha value is -1.14. The van der Waals surface area contributed by atoms with Gasteiger partial charge < -0.3 is 5.11 Å². The summed E-state index contributed by atoms with van der Waals surface area (Å²) in [5.41, 5.74) is 0.909. The Kier molecular flexibility index (Phi) is 3.22. The average molecular weight is 294 g/mol. The van der Waals surface area contributed by atoms with Crippen molar-refractivity contribution >= 4 is 22.4 Å². The highest BCUT2D eigenvalue weighted by Crippen LogP contribution is 2.63. The predicted molar refractivity (Wildman–Crippen MR) is 79.1 cm³/mol. The Morgan fingerprint density at radius 1 is 1.05 bits per heavy atom. The van der Waals surface area contributed by atoms with Crippen molar-refractivity contribution < 1.29 is 14.2 Å². The third-order valence-electron chi connectivity index (χ3n) is 3.10. The summed E-state index contributed by atoms with van der Waals surface area (Å²) in [5, 5.41) is 9.51. The summed E-state index contributed by atoms with van der Waals surface area (Å²) in [6.45, 7) is 0. The fraction of sp³-hybridized carbons (Fsp3) is 0.143. The highest BCUT2D eigenvalue weighted by molar-refractivity contribution is 8.25. The van der Waals surface area contributed by atoms with Crippen LogP contribution in [0.5, 0.6) is 5.75 Å². The standard InChI is InChI=1S/C14H14O3S2/c15-10-6-7-12-13(9-19(16,17)14(12)8-10)18-11-4-2-1-3-5-11/h1-8,13,15-17H,9H2. The summed E-state index contributed by atoms with van der Waals surface area (Å²) in [7, 11) is -2.78. The second-order valence-corrected chi connectivity index (χ2v) is 7.86. The number of hydrogen-bond acceptors (Lipinski definition) is 4. The van der Waals surface area contributed by atoms with Crippen LogP contribution >= 0.6 is 22.4 Å². The SMILES string of the molecule is Oc1ccc2c(c1)S(O)(O)CC2Sc1ccccc1. The van der Waals surface area contributed by atoms with Crippen LogP contribution in [0.2, 0.25) is 0 Å². The van der Waals surface area contributed by atoms with Gasteiger partial charge >= 0.3 is 0 Å². The molecule has 0 bridgehead atoms. The molecule has 1 heterocycles. The molecule has 0 spiro atoms. The number of phenols is 1. The normalized spacial score (nSPS) is 21.9. The van der Waals surface area contributed by atoms with Crippen LogP contribution < -0.4 is 0 Å². The van der Waals surface area contributed by atoms with Gasteiger partial charge in [-0.3, -0.25) is 9.11 Å². The predicted octanol–water partition coefficient (Wildman–Crippen LogP) is 4.35. The Morgan fingerprint density at radius 3 is 2.53 bits per heavy atom. The van der Waals surface area contributed by atoms with E-state index in [1.807, 2.05) is 30.3 Å². The first kappa shape index (κ1) is 12.9. The zero-order valence-corrected chi connectivity index (χ0v) is 11.7. The van der Waals surface area contributed by atoms with E-state index in [4.69, 9.17) is 0 Å². The fourth-order valence-corrected chi connectivity index (χ4v) is 5.79. The molecular weight excluding hydrogens is 280 g/mol. The number of hydrogen-bond donors (Lipinski definition) is 3. The molecule has 3 nitrogen and oxygen atoms in total. The van der Waals surface area contributed by atoms with Gasteiger partial charge in [-0.2, -0.15) is 10.6 Å². The van der Waals surface area contributed by atoms with Crippen LogP contribution in [0, 0.1) is 0 Å². The monoisotopic (exact) mass is 294 g/mol. The van der Waals surface area contributed by atoms with E-state index in [-0.39, 0.29) is 11.0 Å². The van der Waals surface area contributed by atoms with Crippen LogP contribution in [0.4, 0.5) is 0 Å². The molecule has 0 aromatic heterocycles. The molecule has 0 amide bonds. The van der Waals surface area contributed by atoms with Gasteiger partial charge in [-0.05, 0) is 23.8 Å². The number of phenolic OH excluding ortho intramolecular Hbond substituents is 1. The molecule has 0 saturated heterocycles. The van der Waals surface area contributed by atoms with Gasteiger partial charge in [0.15, 0.2) is 0 Å². The topological polar surface area (TPSA) is 60.7 Å². The number of benzene rings is 2. The lowest BCUT2D eigenvalue weighted by Crippen LogP contribution is -1.98. The summed E-state index contributed by atoms with van der Waals surface area (Å²) in [6, 6.07) is 14.8. The molecule has 3 rings (SSSR count). The van der Waals surface area contributed by atoms with Crippen LogP contribution in [0.15, 0.2) is 58.3 Å². The van der Waals surface area contributed by atoms with Crippen LogP contribution in [-0.4, -0.2) is 20.0 Å². The molecule has 2 aromatic rings. The smallest absolute Gasteiger partial charge is 0.117 e. The quantitative estimate of drug-likeness (QED) is 0.770. The summed E-state index contributed by atoms with van der Waals surface area (Å²) >= 11 is 1.62. The number of thioether (sulfide) groups is 1. The first-order valence-electron chi connectivity index (χ1n) is 5.87. The van der Waals surface area contributed by atoms with E-state index in [0.717, 1.165) is 10.5 Å². The summed E-state index contributed by atoms with van der Waals surface area (Å²) < 4.78 is 20.3. The second kappa shape index (κ2) is 4.76. The molecule has 100 valence electrons. The Balaban J connectivity index is 1.95. The fourth-order valence-electron chi connectivity index (χ4n) is 2.22. The Labute approximate surface area is 117 Å². The van der Waals surface area contributed by atoms with Crippen molar-refractivity contribution in [2.45, 2.75) is 15.0 Å². The number of rotatable bonds is 2. The van der Waals surface area contributed by atoms with Gasteiger partial charge in [0.05, 0.1) is 15.9 Å². The molecule has 1 aliphatic rings. The van der Waals surface area contributed by atoms with Gasteiger partial charge in [0, 0.05) is 11.0 Å². The summed E-state index contributed by atoms with van der Waals surface area (Å²) in [4.78, 5) is 1.59. The largest absolute Gasteiger partial charge is 0.508 e. The van der Waals surface area contributed by atoms with Crippen LogP contribution in [0.3, 0.4) is 0 Å². The maximum Gasteiger partial charge on any atom is 0.117 e. The van der Waals surface area contributed by atoms with Gasteiger partial charge in [0.1, 0.15) is 5.75 Å². The van der Waals surface area contributed by atoms with E-state index in [1.54, 1.807) is 23.9 Å². The zero-order chi connectivity index (χ0) is 13.5. The molecule has 5 heteroatoms. The lowest BCUT2D eigenvalue weighted by atomic mass is 10.2. The van der Waals surface area contributed by atoms with E-state index in [1.165, 1.54) is 6.07 Å². The molecule has 1 unspecified atom stereocenters. The minimum absolute atomic E-state index is 0.0167. The number of aromatic hydroxyl groups is 1. The van der Waals surface area contributed by atoms with E-state index < -0.39 is 10.6 Å². The lowest BCUT2D eigenvalue weighted by molar-refractivity contribution is 0.469. The summed E-state index contributed by atoms with van der Waals surface area (Å²) in [5.74, 6) is 0.384. The average Bonchev–Trinajstić information content (AvgIpc) is 2.62. The summed E-state index contributed by atoms with van der Waals surface area (Å²) in [6.07, 6.45) is 0.